The van der Waals surface area contributed by atoms with Gasteiger partial charge in [-0.2, -0.15) is 0 Å². The van der Waals surface area contributed by atoms with Crippen LogP contribution in [0.3, 0.4) is 0 Å². The molecule has 1 unspecified atom stereocenters. The molecule has 3 aromatic rings. The number of pyridine rings is 1. The van der Waals surface area contributed by atoms with Crippen LogP contribution in [0, 0.1) is 0 Å². The summed E-state index contributed by atoms with van der Waals surface area (Å²) >= 11 is 0. The molecule has 0 radical (unpaired) electrons. The van der Waals surface area contributed by atoms with Crippen molar-refractivity contribution in [3.8, 4) is 17.2 Å². The highest BCUT2D eigenvalue weighted by molar-refractivity contribution is 5.85. The van der Waals surface area contributed by atoms with Crippen molar-refractivity contribution in [1.29, 1.82) is 0 Å². The summed E-state index contributed by atoms with van der Waals surface area (Å²) in [4.78, 5) is 4.37. The number of phenols is 2. The number of ether oxygens (including phenoxy) is 1. The summed E-state index contributed by atoms with van der Waals surface area (Å²) < 4.78 is 5.32. The lowest BCUT2D eigenvalue weighted by atomic mass is 9.95. The van der Waals surface area contributed by atoms with Crippen molar-refractivity contribution in [3.05, 3.63) is 94.9 Å². The Morgan fingerprint density at radius 2 is 1.88 bits per heavy atom. The largest absolute Gasteiger partial charge is 0.505 e. The third-order valence-corrected chi connectivity index (χ3v) is 5.63. The summed E-state index contributed by atoms with van der Waals surface area (Å²) in [5, 5.41) is 25.6. The van der Waals surface area contributed by atoms with Crippen molar-refractivity contribution in [2.24, 2.45) is 0 Å². The van der Waals surface area contributed by atoms with Crippen LogP contribution in [0.1, 0.15) is 51.3 Å². The molecule has 1 atom stereocenters. The predicted octanol–water partition coefficient (Wildman–Crippen LogP) is 6.54. The van der Waals surface area contributed by atoms with Gasteiger partial charge in [0.2, 0.25) is 0 Å². The number of hydrogen-bond acceptors (Lipinski definition) is 5. The van der Waals surface area contributed by atoms with E-state index in [-0.39, 0.29) is 17.5 Å². The SMILES string of the molecule is CC/C(C)=C/C=C(C)\C=C(/C)NC(c1ccc(O)c(OC)c1)c1ccc2cccnc2c1O. The van der Waals surface area contributed by atoms with Crippen molar-refractivity contribution in [2.45, 2.75) is 40.2 Å². The van der Waals surface area contributed by atoms with Crippen LogP contribution in [0.15, 0.2) is 83.7 Å². The zero-order valence-corrected chi connectivity index (χ0v) is 19.9. The van der Waals surface area contributed by atoms with E-state index in [9.17, 15) is 10.2 Å². The highest BCUT2D eigenvalue weighted by Gasteiger charge is 2.21. The molecule has 3 rings (SSSR count). The molecular formula is C28H32N2O3. The summed E-state index contributed by atoms with van der Waals surface area (Å²) in [6, 6.07) is 12.4. The fraction of sp³-hybridized carbons (Fsp3) is 0.250. The Morgan fingerprint density at radius 3 is 2.61 bits per heavy atom. The van der Waals surface area contributed by atoms with Gasteiger partial charge in [0.25, 0.3) is 0 Å². The molecular weight excluding hydrogens is 412 g/mol. The normalized spacial score (nSPS) is 13.8. The number of fused-ring (bicyclic) bond motifs is 1. The molecule has 3 N–H and O–H groups in total. The second-order valence-corrected chi connectivity index (χ2v) is 8.19. The van der Waals surface area contributed by atoms with E-state index >= 15 is 0 Å². The van der Waals surface area contributed by atoms with E-state index in [2.05, 4.69) is 49.3 Å². The molecule has 0 fully saturated rings. The van der Waals surface area contributed by atoms with E-state index in [1.54, 1.807) is 18.3 Å². The van der Waals surface area contributed by atoms with Gasteiger partial charge in [0.1, 0.15) is 11.3 Å². The Labute approximate surface area is 195 Å². The average molecular weight is 445 g/mol. The molecule has 0 aliphatic carbocycles. The Hall–Kier alpha value is -3.73. The van der Waals surface area contributed by atoms with Crippen LogP contribution in [0.5, 0.6) is 17.2 Å². The zero-order valence-electron chi connectivity index (χ0n) is 19.9. The lowest BCUT2D eigenvalue weighted by molar-refractivity contribution is 0.372. The summed E-state index contributed by atoms with van der Waals surface area (Å²) in [6.07, 6.45) is 8.98. The summed E-state index contributed by atoms with van der Waals surface area (Å²) in [5.74, 6) is 0.559. The maximum absolute atomic E-state index is 11.1. The fourth-order valence-electron chi connectivity index (χ4n) is 3.64. The highest BCUT2D eigenvalue weighted by atomic mass is 16.5. The minimum atomic E-state index is -0.386. The molecule has 0 bridgehead atoms. The van der Waals surface area contributed by atoms with Gasteiger partial charge in [0.15, 0.2) is 11.5 Å². The van der Waals surface area contributed by atoms with E-state index in [1.165, 1.54) is 12.7 Å². The molecule has 0 aliphatic heterocycles. The molecule has 172 valence electrons. The predicted molar refractivity (Wildman–Crippen MR) is 135 cm³/mol. The zero-order chi connectivity index (χ0) is 24.0. The number of nitrogens with zero attached hydrogens (tertiary/aromatic N) is 1. The first kappa shape index (κ1) is 23.9. The van der Waals surface area contributed by atoms with Gasteiger partial charge in [0.05, 0.1) is 13.2 Å². The van der Waals surface area contributed by atoms with Crippen molar-refractivity contribution in [2.75, 3.05) is 7.11 Å². The summed E-state index contributed by atoms with van der Waals surface area (Å²) in [7, 11) is 1.52. The molecule has 33 heavy (non-hydrogen) atoms. The quantitative estimate of drug-likeness (QED) is 0.344. The number of aromatic nitrogens is 1. The van der Waals surface area contributed by atoms with Gasteiger partial charge in [-0.1, -0.05) is 48.9 Å². The van der Waals surface area contributed by atoms with Gasteiger partial charge >= 0.3 is 0 Å². The Morgan fingerprint density at radius 1 is 1.09 bits per heavy atom. The van der Waals surface area contributed by atoms with Crippen molar-refractivity contribution >= 4 is 10.9 Å². The van der Waals surface area contributed by atoms with Gasteiger partial charge in [-0.05, 0) is 62.6 Å². The number of phenolic OH excluding ortho intramolecular Hbond substituents is 2. The number of nitrogens with one attached hydrogen (secondary N) is 1. The molecule has 5 nitrogen and oxygen atoms in total. The monoisotopic (exact) mass is 444 g/mol. The standard InChI is InChI=1S/C28H32N2O3/c1-6-18(2)9-10-19(3)16-20(4)30-26(22-12-14-24(31)25(17-22)33-5)23-13-11-21-8-7-15-29-27(21)28(23)32/h7-17,26,30-32H,6H2,1-5H3/b18-9+,19-10-,20-16+. The molecule has 0 aliphatic rings. The Bertz CT molecular complexity index is 1230. The third kappa shape index (κ3) is 5.75. The van der Waals surface area contributed by atoms with Gasteiger partial charge < -0.3 is 20.3 Å². The maximum Gasteiger partial charge on any atom is 0.160 e. The molecule has 1 aromatic heterocycles. The fourth-order valence-corrected chi connectivity index (χ4v) is 3.64. The molecule has 0 saturated carbocycles. The van der Waals surface area contributed by atoms with E-state index in [0.29, 0.717) is 16.8 Å². The van der Waals surface area contributed by atoms with Crippen LogP contribution in [-0.4, -0.2) is 22.3 Å². The molecule has 1 heterocycles. The molecule has 2 aromatic carbocycles. The number of methoxy groups -OCH3 is 1. The van der Waals surface area contributed by atoms with E-state index in [0.717, 1.165) is 28.6 Å². The highest BCUT2D eigenvalue weighted by Crippen LogP contribution is 2.37. The smallest absolute Gasteiger partial charge is 0.160 e. The Kier molecular flexibility index (Phi) is 7.78. The van der Waals surface area contributed by atoms with E-state index < -0.39 is 0 Å². The van der Waals surface area contributed by atoms with Crippen molar-refractivity contribution < 1.29 is 14.9 Å². The average Bonchev–Trinajstić information content (AvgIpc) is 2.82. The van der Waals surface area contributed by atoms with Crippen LogP contribution in [0.2, 0.25) is 0 Å². The Balaban J connectivity index is 2.07. The summed E-state index contributed by atoms with van der Waals surface area (Å²) in [5.41, 5.74) is 5.43. The van der Waals surface area contributed by atoms with Crippen LogP contribution in [-0.2, 0) is 0 Å². The number of hydrogen-bond donors (Lipinski definition) is 3. The van der Waals surface area contributed by atoms with E-state index in [4.69, 9.17) is 4.74 Å². The molecule has 5 heteroatoms. The second kappa shape index (κ2) is 10.7. The number of benzene rings is 2. The lowest BCUT2D eigenvalue weighted by Gasteiger charge is -2.23. The minimum absolute atomic E-state index is 0.0634. The maximum atomic E-state index is 11.1. The first-order chi connectivity index (χ1) is 15.8. The number of allylic oxidation sites excluding steroid dienone is 6. The molecule has 0 spiro atoms. The first-order valence-electron chi connectivity index (χ1n) is 11.1. The number of rotatable bonds is 8. The van der Waals surface area contributed by atoms with Crippen LogP contribution < -0.4 is 10.1 Å². The van der Waals surface area contributed by atoms with Crippen molar-refractivity contribution in [3.63, 3.8) is 0 Å². The number of aromatic hydroxyl groups is 2. The molecule has 0 saturated heterocycles. The van der Waals surface area contributed by atoms with Crippen LogP contribution in [0.4, 0.5) is 0 Å². The second-order valence-electron chi connectivity index (χ2n) is 8.19. The first-order valence-corrected chi connectivity index (χ1v) is 11.1. The summed E-state index contributed by atoms with van der Waals surface area (Å²) in [6.45, 7) is 8.30. The van der Waals surface area contributed by atoms with E-state index in [1.807, 2.05) is 37.3 Å². The third-order valence-electron chi connectivity index (χ3n) is 5.63. The van der Waals surface area contributed by atoms with Crippen LogP contribution >= 0.6 is 0 Å². The van der Waals surface area contributed by atoms with Gasteiger partial charge in [0, 0.05) is 22.8 Å². The topological polar surface area (TPSA) is 74.6 Å². The van der Waals surface area contributed by atoms with Crippen molar-refractivity contribution in [1.82, 2.24) is 10.3 Å². The molecule has 0 amide bonds. The van der Waals surface area contributed by atoms with Gasteiger partial charge in [-0.25, -0.2) is 0 Å². The van der Waals surface area contributed by atoms with Crippen LogP contribution in [0.25, 0.3) is 10.9 Å². The lowest BCUT2D eigenvalue weighted by Crippen LogP contribution is -2.21. The van der Waals surface area contributed by atoms with Gasteiger partial charge in [-0.15, -0.1) is 0 Å². The minimum Gasteiger partial charge on any atom is -0.505 e. The van der Waals surface area contributed by atoms with Gasteiger partial charge in [-0.3, -0.25) is 4.98 Å².